The highest BCUT2D eigenvalue weighted by molar-refractivity contribution is 8.15. The molecule has 1 saturated heterocycles. The van der Waals surface area contributed by atoms with Crippen molar-refractivity contribution < 1.29 is 29.4 Å². The molecule has 2 aliphatic rings. The zero-order valence-corrected chi connectivity index (χ0v) is 13.6. The van der Waals surface area contributed by atoms with Gasteiger partial charge in [0.05, 0.1) is 6.42 Å². The highest BCUT2D eigenvalue weighted by atomic mass is 35.5. The molecule has 1 aromatic rings. The van der Waals surface area contributed by atoms with Crippen LogP contribution in [0.25, 0.3) is 0 Å². The van der Waals surface area contributed by atoms with Crippen LogP contribution >= 0.6 is 23.4 Å². The van der Waals surface area contributed by atoms with Gasteiger partial charge in [0.1, 0.15) is 5.25 Å². The van der Waals surface area contributed by atoms with Gasteiger partial charge in [-0.15, -0.1) is 0 Å². The number of carbonyl (C=O) groups excluding carboxylic acids is 3. The Bertz CT molecular complexity index is 785. The van der Waals surface area contributed by atoms with Crippen LogP contribution < -0.4 is 5.32 Å². The molecule has 0 spiro atoms. The molecule has 0 bridgehead atoms. The summed E-state index contributed by atoms with van der Waals surface area (Å²) in [5.41, 5.74) is -1.84. The van der Waals surface area contributed by atoms with E-state index in [1.165, 1.54) is 18.2 Å². The molecule has 0 radical (unpaired) electrons. The third-order valence-electron chi connectivity index (χ3n) is 3.84. The molecule has 3 N–H and O–H groups in total. The number of hydrogen-bond donors (Lipinski definition) is 3. The van der Waals surface area contributed by atoms with Crippen LogP contribution in [0.5, 0.6) is 0 Å². The summed E-state index contributed by atoms with van der Waals surface area (Å²) in [7, 11) is 0. The van der Waals surface area contributed by atoms with Crippen molar-refractivity contribution in [3.05, 3.63) is 28.8 Å². The first-order valence-corrected chi connectivity index (χ1v) is 8.08. The molecule has 2 heterocycles. The van der Waals surface area contributed by atoms with E-state index in [2.05, 4.69) is 5.32 Å². The quantitative estimate of drug-likeness (QED) is 0.722. The largest absolute Gasteiger partial charge is 0.481 e. The summed E-state index contributed by atoms with van der Waals surface area (Å²) in [6, 6.07) is 4.36. The number of hydrogen-bond acceptors (Lipinski definition) is 6. The average molecular weight is 371 g/mol. The van der Waals surface area contributed by atoms with Crippen LogP contribution in [0.3, 0.4) is 0 Å². The van der Waals surface area contributed by atoms with Gasteiger partial charge in [-0.25, -0.2) is 0 Å². The van der Waals surface area contributed by atoms with Crippen molar-refractivity contribution in [3.63, 3.8) is 0 Å². The van der Waals surface area contributed by atoms with Crippen LogP contribution in [-0.4, -0.2) is 49.9 Å². The lowest BCUT2D eigenvalue weighted by Gasteiger charge is -2.25. The molecule has 1 fully saturated rings. The summed E-state index contributed by atoms with van der Waals surface area (Å²) < 4.78 is 0. The second-order valence-corrected chi connectivity index (χ2v) is 6.80. The van der Waals surface area contributed by atoms with Gasteiger partial charge in [-0.1, -0.05) is 11.6 Å². The van der Waals surface area contributed by atoms with E-state index in [0.717, 1.165) is 4.90 Å². The first-order valence-electron chi connectivity index (χ1n) is 6.82. The van der Waals surface area contributed by atoms with Crippen LogP contribution in [0.15, 0.2) is 18.2 Å². The predicted octanol–water partition coefficient (Wildman–Crippen LogP) is 1.02. The van der Waals surface area contributed by atoms with Crippen LogP contribution in [0.1, 0.15) is 12.0 Å². The molecule has 3 rings (SSSR count). The van der Waals surface area contributed by atoms with Gasteiger partial charge >= 0.3 is 5.97 Å². The van der Waals surface area contributed by atoms with E-state index in [1.54, 1.807) is 0 Å². The van der Waals surface area contributed by atoms with E-state index in [4.69, 9.17) is 16.7 Å². The van der Waals surface area contributed by atoms with Gasteiger partial charge in [-0.3, -0.25) is 24.1 Å². The Hall–Kier alpha value is -2.10. The first-order chi connectivity index (χ1) is 11.2. The van der Waals surface area contributed by atoms with E-state index in [9.17, 15) is 24.3 Å². The third kappa shape index (κ3) is 2.45. The summed E-state index contributed by atoms with van der Waals surface area (Å²) in [4.78, 5) is 48.1. The average Bonchev–Trinajstić information content (AvgIpc) is 2.93. The van der Waals surface area contributed by atoms with Crippen molar-refractivity contribution in [2.45, 2.75) is 17.3 Å². The molecule has 0 aliphatic carbocycles. The van der Waals surface area contributed by atoms with Crippen molar-refractivity contribution in [2.75, 3.05) is 11.9 Å². The second kappa shape index (κ2) is 5.76. The summed E-state index contributed by atoms with van der Waals surface area (Å²) >= 11 is 6.39. The highest BCUT2D eigenvalue weighted by Crippen LogP contribution is 2.47. The maximum atomic E-state index is 12.5. The van der Waals surface area contributed by atoms with E-state index >= 15 is 0 Å². The smallest absolute Gasteiger partial charge is 0.305 e. The molecule has 0 aromatic heterocycles. The van der Waals surface area contributed by atoms with E-state index < -0.39 is 40.3 Å². The zero-order valence-electron chi connectivity index (χ0n) is 12.0. The van der Waals surface area contributed by atoms with Gasteiger partial charge in [0.2, 0.25) is 5.91 Å². The van der Waals surface area contributed by atoms with Crippen molar-refractivity contribution in [2.24, 2.45) is 0 Å². The summed E-state index contributed by atoms with van der Waals surface area (Å²) in [5.74, 6) is -2.81. The van der Waals surface area contributed by atoms with Gasteiger partial charge in [-0.05, 0) is 30.0 Å². The van der Waals surface area contributed by atoms with E-state index in [0.29, 0.717) is 17.4 Å². The lowest BCUT2D eigenvalue weighted by molar-refractivity contribution is -0.143. The highest BCUT2D eigenvalue weighted by Gasteiger charge is 2.59. The maximum Gasteiger partial charge on any atom is 0.305 e. The SMILES string of the molecule is O=C(O)CCN1C(=O)SC(C2(O)C(=O)Nc3ccc(Cl)cc32)C1=O. The van der Waals surface area contributed by atoms with E-state index in [-0.39, 0.29) is 17.1 Å². The first kappa shape index (κ1) is 16.7. The Morgan fingerprint density at radius 3 is 2.75 bits per heavy atom. The van der Waals surface area contributed by atoms with Crippen LogP contribution in [-0.2, 0) is 20.0 Å². The number of rotatable bonds is 4. The number of halogens is 1. The minimum Gasteiger partial charge on any atom is -0.481 e. The lowest BCUT2D eigenvalue weighted by atomic mass is 9.90. The van der Waals surface area contributed by atoms with Crippen molar-refractivity contribution in [1.29, 1.82) is 0 Å². The Morgan fingerprint density at radius 2 is 2.08 bits per heavy atom. The number of benzene rings is 1. The number of fused-ring (bicyclic) bond motifs is 1. The summed E-state index contributed by atoms with van der Waals surface area (Å²) in [6.07, 6.45) is -0.419. The fourth-order valence-corrected chi connectivity index (χ4v) is 3.98. The minimum atomic E-state index is -2.25. The zero-order chi connectivity index (χ0) is 17.6. The van der Waals surface area contributed by atoms with E-state index in [1.807, 2.05) is 0 Å². The molecular weight excluding hydrogens is 360 g/mol. The standard InChI is InChI=1S/C14H11ClN2O6S/c15-6-1-2-8-7(5-6)14(23,12(21)16-8)10-11(20)17(13(22)24-10)4-3-9(18)19/h1-2,5,10,23H,3-4H2,(H,16,21)(H,18,19). The van der Waals surface area contributed by atoms with Gasteiger partial charge in [0, 0.05) is 22.8 Å². The molecule has 10 heteroatoms. The molecule has 24 heavy (non-hydrogen) atoms. The number of carbonyl (C=O) groups is 4. The number of carboxylic acid groups (broad SMARTS) is 1. The number of carboxylic acids is 1. The molecule has 126 valence electrons. The molecule has 8 nitrogen and oxygen atoms in total. The van der Waals surface area contributed by atoms with Gasteiger partial charge < -0.3 is 15.5 Å². The van der Waals surface area contributed by atoms with Crippen LogP contribution in [0, 0.1) is 0 Å². The normalized spacial score (nSPS) is 25.8. The number of imide groups is 1. The second-order valence-electron chi connectivity index (χ2n) is 5.31. The minimum absolute atomic E-state index is 0.110. The summed E-state index contributed by atoms with van der Waals surface area (Å²) in [6.45, 7) is -0.323. The van der Waals surface area contributed by atoms with Gasteiger partial charge in [-0.2, -0.15) is 0 Å². The molecule has 2 atom stereocenters. The van der Waals surface area contributed by atoms with Crippen LogP contribution in [0.2, 0.25) is 5.02 Å². The number of aliphatic hydroxyl groups is 1. The Balaban J connectivity index is 1.96. The van der Waals surface area contributed by atoms with Crippen molar-refractivity contribution in [3.8, 4) is 0 Å². The number of nitrogens with one attached hydrogen (secondary N) is 1. The molecule has 2 aliphatic heterocycles. The monoisotopic (exact) mass is 370 g/mol. The van der Waals surface area contributed by atoms with Crippen molar-refractivity contribution in [1.82, 2.24) is 4.90 Å². The lowest BCUT2D eigenvalue weighted by Crippen LogP contribution is -2.48. The molecule has 1 aromatic carbocycles. The Kier molecular flexibility index (Phi) is 4.02. The third-order valence-corrected chi connectivity index (χ3v) is 5.28. The number of aliphatic carboxylic acids is 1. The number of thioether (sulfide) groups is 1. The fraction of sp³-hybridized carbons (Fsp3) is 0.286. The Labute approximate surface area is 144 Å². The molecular formula is C14H11ClN2O6S. The summed E-state index contributed by atoms with van der Waals surface area (Å²) in [5, 5.41) is 20.2. The number of amides is 3. The topological polar surface area (TPSA) is 124 Å². The molecule has 3 amide bonds. The Morgan fingerprint density at radius 1 is 1.38 bits per heavy atom. The fourth-order valence-electron chi connectivity index (χ4n) is 2.66. The predicted molar refractivity (Wildman–Crippen MR) is 84.7 cm³/mol. The maximum absolute atomic E-state index is 12.5. The van der Waals surface area contributed by atoms with Gasteiger partial charge in [0.15, 0.2) is 5.60 Å². The van der Waals surface area contributed by atoms with Crippen LogP contribution in [0.4, 0.5) is 10.5 Å². The van der Waals surface area contributed by atoms with Crippen molar-refractivity contribution >= 4 is 52.1 Å². The molecule has 2 unspecified atom stereocenters. The number of nitrogens with zero attached hydrogens (tertiary/aromatic N) is 1. The molecule has 0 saturated carbocycles. The van der Waals surface area contributed by atoms with Gasteiger partial charge in [0.25, 0.3) is 11.1 Å². The number of anilines is 1.